The molecule has 0 aliphatic carbocycles. The van der Waals surface area contributed by atoms with Gasteiger partial charge in [0, 0.05) is 17.8 Å². The molecule has 0 fully saturated rings. The molecule has 148 valence electrons. The molecule has 11 heteroatoms. The van der Waals surface area contributed by atoms with Gasteiger partial charge in [-0.2, -0.15) is 18.2 Å². The third-order valence-corrected chi connectivity index (χ3v) is 4.15. The summed E-state index contributed by atoms with van der Waals surface area (Å²) in [5, 5.41) is 15.0. The van der Waals surface area contributed by atoms with Crippen LogP contribution in [-0.2, 0) is 22.2 Å². The third kappa shape index (κ3) is 4.52. The highest BCUT2D eigenvalue weighted by Crippen LogP contribution is 2.27. The van der Waals surface area contributed by atoms with Crippen molar-refractivity contribution in [3.05, 3.63) is 22.8 Å². The van der Waals surface area contributed by atoms with Gasteiger partial charge < -0.3 is 10.4 Å². The van der Waals surface area contributed by atoms with Crippen LogP contribution in [0.15, 0.2) is 0 Å². The number of nitrogens with one attached hydrogen (secondary N) is 1. The van der Waals surface area contributed by atoms with Gasteiger partial charge in [0.05, 0.1) is 0 Å². The van der Waals surface area contributed by atoms with E-state index in [4.69, 9.17) is 5.11 Å². The molecular formula is C16H20F3N5O3. The molecule has 2 aromatic rings. The molecule has 27 heavy (non-hydrogen) atoms. The van der Waals surface area contributed by atoms with Gasteiger partial charge in [-0.15, -0.1) is 5.10 Å². The first-order chi connectivity index (χ1) is 12.4. The van der Waals surface area contributed by atoms with Gasteiger partial charge in [-0.1, -0.05) is 13.8 Å². The Labute approximate surface area is 152 Å². The van der Waals surface area contributed by atoms with E-state index in [2.05, 4.69) is 20.4 Å². The number of fused-ring (bicyclic) bond motifs is 1. The zero-order valence-electron chi connectivity index (χ0n) is 15.3. The number of aromatic nitrogens is 4. The number of nitrogens with zero attached hydrogens (tertiary/aromatic N) is 4. The highest BCUT2D eigenvalue weighted by molar-refractivity contribution is 5.83. The van der Waals surface area contributed by atoms with Crippen LogP contribution in [0, 0.1) is 19.8 Å². The summed E-state index contributed by atoms with van der Waals surface area (Å²) in [5.41, 5.74) is 1.40. The number of aliphatic carboxylic acids is 1. The first kappa shape index (κ1) is 20.6. The molecule has 1 amide bonds. The number of halogens is 3. The molecule has 0 bridgehead atoms. The minimum atomic E-state index is -4.68. The lowest BCUT2D eigenvalue weighted by atomic mass is 10.0. The van der Waals surface area contributed by atoms with Crippen molar-refractivity contribution < 1.29 is 27.9 Å². The van der Waals surface area contributed by atoms with E-state index in [1.165, 1.54) is 0 Å². The number of carboxylic acids is 1. The molecule has 0 saturated heterocycles. The van der Waals surface area contributed by atoms with Crippen LogP contribution < -0.4 is 5.32 Å². The highest BCUT2D eigenvalue weighted by Gasteiger charge is 2.37. The van der Waals surface area contributed by atoms with Gasteiger partial charge in [-0.25, -0.2) is 14.3 Å². The van der Waals surface area contributed by atoms with Crippen molar-refractivity contribution in [2.75, 3.05) is 0 Å². The average molecular weight is 387 g/mol. The van der Waals surface area contributed by atoms with Crippen LogP contribution in [0.25, 0.3) is 5.78 Å². The predicted molar refractivity (Wildman–Crippen MR) is 88.0 cm³/mol. The normalized spacial score (nSPS) is 13.2. The minimum Gasteiger partial charge on any atom is -0.480 e. The predicted octanol–water partition coefficient (Wildman–Crippen LogP) is 1.92. The van der Waals surface area contributed by atoms with Crippen molar-refractivity contribution in [1.29, 1.82) is 0 Å². The van der Waals surface area contributed by atoms with Gasteiger partial charge in [0.15, 0.2) is 0 Å². The number of amides is 1. The van der Waals surface area contributed by atoms with Crippen LogP contribution in [0.2, 0.25) is 0 Å². The van der Waals surface area contributed by atoms with E-state index in [-0.39, 0.29) is 24.5 Å². The van der Waals surface area contributed by atoms with Crippen molar-refractivity contribution in [3.8, 4) is 0 Å². The summed E-state index contributed by atoms with van der Waals surface area (Å²) in [5.74, 6) is -3.34. The van der Waals surface area contributed by atoms with Crippen LogP contribution in [-0.4, -0.2) is 42.6 Å². The largest absolute Gasteiger partial charge is 0.480 e. The summed E-state index contributed by atoms with van der Waals surface area (Å²) >= 11 is 0. The van der Waals surface area contributed by atoms with Crippen LogP contribution in [0.5, 0.6) is 0 Å². The smallest absolute Gasteiger partial charge is 0.453 e. The SMILES string of the molecule is Cc1nc2nc(C(F)(F)F)nn2c(C)c1CCC(=O)N[C@H](C(=O)O)C(C)C. The summed E-state index contributed by atoms with van der Waals surface area (Å²) in [6.07, 6.45) is -4.54. The number of carbonyl (C=O) groups excluding carboxylic acids is 1. The second kappa shape index (κ2) is 7.49. The summed E-state index contributed by atoms with van der Waals surface area (Å²) in [4.78, 5) is 30.7. The Morgan fingerprint density at radius 2 is 1.85 bits per heavy atom. The molecule has 0 radical (unpaired) electrons. The molecule has 0 unspecified atom stereocenters. The first-order valence-electron chi connectivity index (χ1n) is 8.24. The number of hydrogen-bond donors (Lipinski definition) is 2. The molecule has 2 rings (SSSR count). The molecule has 0 aliphatic heterocycles. The van der Waals surface area contributed by atoms with Crippen LogP contribution in [0.4, 0.5) is 13.2 Å². The highest BCUT2D eigenvalue weighted by atomic mass is 19.4. The Hall–Kier alpha value is -2.72. The third-order valence-electron chi connectivity index (χ3n) is 4.15. The minimum absolute atomic E-state index is 0.0355. The molecule has 2 N–H and O–H groups in total. The molecule has 0 aliphatic rings. The lowest BCUT2D eigenvalue weighted by molar-refractivity contribution is -0.145. The second-order valence-corrected chi connectivity index (χ2v) is 6.53. The fourth-order valence-corrected chi connectivity index (χ4v) is 2.69. The Morgan fingerprint density at radius 3 is 2.37 bits per heavy atom. The van der Waals surface area contributed by atoms with E-state index in [1.54, 1.807) is 27.7 Å². The van der Waals surface area contributed by atoms with E-state index in [0.717, 1.165) is 4.52 Å². The number of aryl methyl sites for hydroxylation is 2. The summed E-state index contributed by atoms with van der Waals surface area (Å²) < 4.78 is 39.4. The van der Waals surface area contributed by atoms with E-state index in [0.29, 0.717) is 17.0 Å². The molecule has 0 aromatic carbocycles. The number of alkyl halides is 3. The standard InChI is InChI=1S/C16H20F3N5O3/c1-7(2)12(13(26)27)21-11(25)6-5-10-8(3)20-15-22-14(16(17,18)19)23-24(15)9(10)4/h7,12H,5-6H2,1-4H3,(H,21,25)(H,26,27)/t12-/m0/s1. The fourth-order valence-electron chi connectivity index (χ4n) is 2.69. The van der Waals surface area contributed by atoms with Gasteiger partial charge >= 0.3 is 12.1 Å². The van der Waals surface area contributed by atoms with Gasteiger partial charge in [-0.05, 0) is 31.7 Å². The van der Waals surface area contributed by atoms with Gasteiger partial charge in [0.1, 0.15) is 6.04 Å². The monoisotopic (exact) mass is 387 g/mol. The fraction of sp³-hybridized carbons (Fsp3) is 0.562. The number of hydrogen-bond acceptors (Lipinski definition) is 5. The molecule has 2 aromatic heterocycles. The van der Waals surface area contributed by atoms with E-state index < -0.39 is 29.9 Å². The summed E-state index contributed by atoms with van der Waals surface area (Å²) in [7, 11) is 0. The Balaban J connectivity index is 2.21. The van der Waals surface area contributed by atoms with Gasteiger partial charge in [-0.3, -0.25) is 4.79 Å². The zero-order valence-corrected chi connectivity index (χ0v) is 15.3. The molecule has 0 saturated carbocycles. The van der Waals surface area contributed by atoms with Gasteiger partial charge in [0.2, 0.25) is 5.91 Å². The lowest BCUT2D eigenvalue weighted by Gasteiger charge is -2.18. The quantitative estimate of drug-likeness (QED) is 0.784. The van der Waals surface area contributed by atoms with E-state index in [9.17, 15) is 22.8 Å². The Kier molecular flexibility index (Phi) is 5.71. The maximum Gasteiger partial charge on any atom is 0.453 e. The maximum absolute atomic E-state index is 12.8. The van der Waals surface area contributed by atoms with Crippen molar-refractivity contribution in [3.63, 3.8) is 0 Å². The zero-order chi connectivity index (χ0) is 20.5. The number of rotatable bonds is 6. The van der Waals surface area contributed by atoms with Crippen molar-refractivity contribution in [2.24, 2.45) is 5.92 Å². The average Bonchev–Trinajstić information content (AvgIpc) is 2.96. The summed E-state index contributed by atoms with van der Waals surface area (Å²) in [6.45, 7) is 6.52. The lowest BCUT2D eigenvalue weighted by Crippen LogP contribution is -2.44. The molecular weight excluding hydrogens is 367 g/mol. The molecule has 1 atom stereocenters. The summed E-state index contributed by atoms with van der Waals surface area (Å²) in [6, 6.07) is -1.01. The Morgan fingerprint density at radius 1 is 1.22 bits per heavy atom. The van der Waals surface area contributed by atoms with Crippen LogP contribution >= 0.6 is 0 Å². The number of carboxylic acid groups (broad SMARTS) is 1. The molecule has 8 nitrogen and oxygen atoms in total. The van der Waals surface area contributed by atoms with Crippen LogP contribution in [0.1, 0.15) is 43.0 Å². The topological polar surface area (TPSA) is 109 Å². The first-order valence-corrected chi connectivity index (χ1v) is 8.24. The van der Waals surface area contributed by atoms with E-state index >= 15 is 0 Å². The molecule has 0 spiro atoms. The number of carbonyl (C=O) groups is 2. The Bertz CT molecular complexity index is 876. The maximum atomic E-state index is 12.8. The van der Waals surface area contributed by atoms with Gasteiger partial charge in [0.25, 0.3) is 11.6 Å². The van der Waals surface area contributed by atoms with Crippen molar-refractivity contribution in [2.45, 2.75) is 52.8 Å². The van der Waals surface area contributed by atoms with Crippen molar-refractivity contribution in [1.82, 2.24) is 24.9 Å². The second-order valence-electron chi connectivity index (χ2n) is 6.53. The van der Waals surface area contributed by atoms with E-state index in [1.807, 2.05) is 0 Å². The van der Waals surface area contributed by atoms with Crippen molar-refractivity contribution >= 4 is 17.7 Å². The molecule has 2 heterocycles. The van der Waals surface area contributed by atoms with Crippen LogP contribution in [0.3, 0.4) is 0 Å².